The molecule has 0 atom stereocenters. The predicted molar refractivity (Wildman–Crippen MR) is 84.9 cm³/mol. The molecule has 3 nitrogen and oxygen atoms in total. The van der Waals surface area contributed by atoms with E-state index in [1.54, 1.807) is 30.0 Å². The number of aryl methyl sites for hydroxylation is 2. The van der Waals surface area contributed by atoms with E-state index >= 15 is 0 Å². The predicted octanol–water partition coefficient (Wildman–Crippen LogP) is 3.83. The van der Waals surface area contributed by atoms with Crippen LogP contribution >= 0.6 is 11.8 Å². The molecule has 0 saturated heterocycles. The van der Waals surface area contributed by atoms with Crippen LogP contribution in [0.5, 0.6) is 0 Å². The van der Waals surface area contributed by atoms with Gasteiger partial charge >= 0.3 is 0 Å². The van der Waals surface area contributed by atoms with Gasteiger partial charge in [0.15, 0.2) is 0 Å². The minimum absolute atomic E-state index is 0.287. The second-order valence-electron chi connectivity index (χ2n) is 4.58. The van der Waals surface area contributed by atoms with Crippen molar-refractivity contribution >= 4 is 27.5 Å². The van der Waals surface area contributed by atoms with E-state index in [4.69, 9.17) is 0 Å². The zero-order valence-corrected chi connectivity index (χ0v) is 13.3. The van der Waals surface area contributed by atoms with Crippen LogP contribution in [-0.2, 0) is 10.0 Å². The minimum Gasteiger partial charge on any atom is -0.280 e. The van der Waals surface area contributed by atoms with Crippen LogP contribution in [0, 0.1) is 13.8 Å². The van der Waals surface area contributed by atoms with Crippen molar-refractivity contribution in [1.82, 2.24) is 0 Å². The smallest absolute Gasteiger partial charge is 0.261 e. The molecule has 2 aromatic carbocycles. The van der Waals surface area contributed by atoms with Gasteiger partial charge in [0, 0.05) is 10.6 Å². The first-order valence-corrected chi connectivity index (χ1v) is 8.87. The van der Waals surface area contributed by atoms with Gasteiger partial charge in [-0.05, 0) is 61.6 Å². The maximum atomic E-state index is 12.3. The molecule has 0 unspecified atom stereocenters. The Balaban J connectivity index is 2.32. The van der Waals surface area contributed by atoms with Crippen molar-refractivity contribution in [3.8, 4) is 0 Å². The second-order valence-corrected chi connectivity index (χ2v) is 7.15. The molecule has 2 aromatic rings. The molecule has 20 heavy (non-hydrogen) atoms. The molecule has 0 spiro atoms. The molecule has 0 saturated carbocycles. The van der Waals surface area contributed by atoms with Crippen molar-refractivity contribution in [1.29, 1.82) is 0 Å². The Labute approximate surface area is 124 Å². The molecule has 0 aliphatic carbocycles. The van der Waals surface area contributed by atoms with Crippen LogP contribution in [0.4, 0.5) is 5.69 Å². The van der Waals surface area contributed by atoms with Crippen LogP contribution in [0.1, 0.15) is 11.1 Å². The Morgan fingerprint density at radius 3 is 2.40 bits per heavy atom. The number of hydrogen-bond donors (Lipinski definition) is 1. The third-order valence-electron chi connectivity index (χ3n) is 3.11. The molecule has 0 amide bonds. The quantitative estimate of drug-likeness (QED) is 0.873. The minimum atomic E-state index is -3.54. The summed E-state index contributed by atoms with van der Waals surface area (Å²) in [5, 5.41) is 0. The average molecular weight is 307 g/mol. The highest BCUT2D eigenvalue weighted by Crippen LogP contribution is 2.22. The van der Waals surface area contributed by atoms with E-state index in [2.05, 4.69) is 4.72 Å². The van der Waals surface area contributed by atoms with E-state index in [1.807, 2.05) is 44.4 Å². The van der Waals surface area contributed by atoms with Crippen molar-refractivity contribution in [2.45, 2.75) is 23.6 Å². The van der Waals surface area contributed by atoms with Gasteiger partial charge in [0.1, 0.15) is 0 Å². The van der Waals surface area contributed by atoms with Gasteiger partial charge in [0.05, 0.1) is 4.90 Å². The first kappa shape index (κ1) is 14.9. The lowest BCUT2D eigenvalue weighted by Crippen LogP contribution is -2.13. The largest absolute Gasteiger partial charge is 0.280 e. The monoisotopic (exact) mass is 307 g/mol. The van der Waals surface area contributed by atoms with E-state index < -0.39 is 10.0 Å². The van der Waals surface area contributed by atoms with Crippen LogP contribution in [-0.4, -0.2) is 14.7 Å². The van der Waals surface area contributed by atoms with Gasteiger partial charge in [0.2, 0.25) is 0 Å². The van der Waals surface area contributed by atoms with Gasteiger partial charge in [-0.1, -0.05) is 12.1 Å². The lowest BCUT2D eigenvalue weighted by molar-refractivity contribution is 0.601. The van der Waals surface area contributed by atoms with Gasteiger partial charge in [-0.15, -0.1) is 11.8 Å². The molecule has 0 heterocycles. The first-order chi connectivity index (χ1) is 9.42. The van der Waals surface area contributed by atoms with Crippen molar-refractivity contribution < 1.29 is 8.42 Å². The molecule has 0 aliphatic rings. The topological polar surface area (TPSA) is 46.2 Å². The van der Waals surface area contributed by atoms with Crippen LogP contribution in [0.2, 0.25) is 0 Å². The molecule has 0 aliphatic heterocycles. The first-order valence-electron chi connectivity index (χ1n) is 6.16. The Kier molecular flexibility index (Phi) is 4.40. The van der Waals surface area contributed by atoms with Gasteiger partial charge in [-0.25, -0.2) is 8.42 Å². The second kappa shape index (κ2) is 5.89. The summed E-state index contributed by atoms with van der Waals surface area (Å²) >= 11 is 1.57. The number of rotatable bonds is 4. The lowest BCUT2D eigenvalue weighted by atomic mass is 10.1. The van der Waals surface area contributed by atoms with Crippen LogP contribution in [0.15, 0.2) is 52.3 Å². The van der Waals surface area contributed by atoms with Gasteiger partial charge in [-0.2, -0.15) is 0 Å². The molecule has 0 fully saturated rings. The normalized spacial score (nSPS) is 11.3. The fraction of sp³-hybridized carbons (Fsp3) is 0.200. The third-order valence-corrected chi connectivity index (χ3v) is 5.21. The molecule has 1 N–H and O–H groups in total. The third kappa shape index (κ3) is 3.35. The summed E-state index contributed by atoms with van der Waals surface area (Å²) in [4.78, 5) is 1.31. The zero-order chi connectivity index (χ0) is 14.8. The Morgan fingerprint density at radius 1 is 1.00 bits per heavy atom. The van der Waals surface area contributed by atoms with Crippen LogP contribution < -0.4 is 4.72 Å². The number of nitrogens with one attached hydrogen (secondary N) is 1. The van der Waals surface area contributed by atoms with Crippen molar-refractivity contribution in [2.24, 2.45) is 0 Å². The molecular formula is C15H17NO2S2. The number of benzene rings is 2. The van der Waals surface area contributed by atoms with Gasteiger partial charge in [-0.3, -0.25) is 4.72 Å². The lowest BCUT2D eigenvalue weighted by Gasteiger charge is -2.10. The molecule has 0 bridgehead atoms. The highest BCUT2D eigenvalue weighted by Gasteiger charge is 2.14. The maximum absolute atomic E-state index is 12.3. The summed E-state index contributed by atoms with van der Waals surface area (Å²) in [5.74, 6) is 0. The molecule has 0 radical (unpaired) electrons. The van der Waals surface area contributed by atoms with Gasteiger partial charge < -0.3 is 0 Å². The molecule has 5 heteroatoms. The SMILES string of the molecule is CSc1cccc(NS(=O)(=O)c2ccc(C)c(C)c2)c1. The number of thioether (sulfide) groups is 1. The van der Waals surface area contributed by atoms with Crippen molar-refractivity contribution in [3.05, 3.63) is 53.6 Å². The summed E-state index contributed by atoms with van der Waals surface area (Å²) in [6.45, 7) is 3.86. The van der Waals surface area contributed by atoms with Gasteiger partial charge in [0.25, 0.3) is 10.0 Å². The van der Waals surface area contributed by atoms with E-state index in [9.17, 15) is 8.42 Å². The average Bonchev–Trinajstić information content (AvgIpc) is 2.41. The molecule has 106 valence electrons. The van der Waals surface area contributed by atoms with E-state index in [1.165, 1.54) is 0 Å². The standard InChI is InChI=1S/C15H17NO2S2/c1-11-7-8-15(9-12(11)2)20(17,18)16-13-5-4-6-14(10-13)19-3/h4-10,16H,1-3H3. The Bertz CT molecular complexity index is 724. The van der Waals surface area contributed by atoms with Crippen molar-refractivity contribution in [3.63, 3.8) is 0 Å². The fourth-order valence-electron chi connectivity index (χ4n) is 1.78. The summed E-state index contributed by atoms with van der Waals surface area (Å²) in [7, 11) is -3.54. The summed E-state index contributed by atoms with van der Waals surface area (Å²) in [6, 6.07) is 12.5. The molecular weight excluding hydrogens is 290 g/mol. The highest BCUT2D eigenvalue weighted by molar-refractivity contribution is 7.98. The van der Waals surface area contributed by atoms with E-state index in [0.29, 0.717) is 5.69 Å². The van der Waals surface area contributed by atoms with Crippen LogP contribution in [0.3, 0.4) is 0 Å². The Morgan fingerprint density at radius 2 is 1.75 bits per heavy atom. The zero-order valence-electron chi connectivity index (χ0n) is 11.7. The highest BCUT2D eigenvalue weighted by atomic mass is 32.2. The number of anilines is 1. The molecule has 0 aromatic heterocycles. The Hall–Kier alpha value is -1.46. The summed E-state index contributed by atoms with van der Waals surface area (Å²) < 4.78 is 27.3. The van der Waals surface area contributed by atoms with E-state index in [-0.39, 0.29) is 4.90 Å². The summed E-state index contributed by atoms with van der Waals surface area (Å²) in [5.41, 5.74) is 2.62. The number of sulfonamides is 1. The van der Waals surface area contributed by atoms with Crippen molar-refractivity contribution in [2.75, 3.05) is 11.0 Å². The van der Waals surface area contributed by atoms with E-state index in [0.717, 1.165) is 16.0 Å². The molecule has 2 rings (SSSR count). The maximum Gasteiger partial charge on any atom is 0.261 e. The summed E-state index contributed by atoms with van der Waals surface area (Å²) in [6.07, 6.45) is 1.96. The number of hydrogen-bond acceptors (Lipinski definition) is 3. The van der Waals surface area contributed by atoms with Crippen LogP contribution in [0.25, 0.3) is 0 Å². The fourth-order valence-corrected chi connectivity index (χ4v) is 3.38.